The molecular weight excluding hydrogens is 315 g/mol. The zero-order valence-electron chi connectivity index (χ0n) is 14.4. The maximum absolute atomic E-state index is 14.3. The Morgan fingerprint density at radius 1 is 0.920 bits per heavy atom. The minimum Gasteiger partial charge on any atom is -0.373 e. The molecule has 0 N–H and O–H groups in total. The van der Waals surface area contributed by atoms with Crippen molar-refractivity contribution in [2.24, 2.45) is 0 Å². The summed E-state index contributed by atoms with van der Waals surface area (Å²) in [5.74, 6) is 0. The van der Waals surface area contributed by atoms with Crippen molar-refractivity contribution in [2.45, 2.75) is 44.2 Å². The van der Waals surface area contributed by atoms with Gasteiger partial charge in [0.2, 0.25) is 0 Å². The number of hydrogen-bond acceptors (Lipinski definition) is 2. The van der Waals surface area contributed by atoms with Crippen molar-refractivity contribution in [2.75, 3.05) is 6.61 Å². The molecule has 0 saturated heterocycles. The maximum atomic E-state index is 14.3. The summed E-state index contributed by atoms with van der Waals surface area (Å²) in [7, 11) is 0. The summed E-state index contributed by atoms with van der Waals surface area (Å²) in [6.07, 6.45) is 4.62. The molecule has 2 aromatic rings. The van der Waals surface area contributed by atoms with E-state index in [0.717, 1.165) is 17.5 Å². The molecule has 0 amide bonds. The fourth-order valence-corrected chi connectivity index (χ4v) is 3.11. The minimum atomic E-state index is -0.959. The van der Waals surface area contributed by atoms with Crippen molar-refractivity contribution in [1.29, 1.82) is 0 Å². The zero-order valence-corrected chi connectivity index (χ0v) is 14.4. The van der Waals surface area contributed by atoms with E-state index in [-0.39, 0.29) is 12.2 Å². The Kier molecular flexibility index (Phi) is 6.78. The highest BCUT2D eigenvalue weighted by Gasteiger charge is 2.31. The van der Waals surface area contributed by atoms with E-state index >= 15 is 0 Å². The number of alkyl halides is 1. The number of benzene rings is 2. The highest BCUT2D eigenvalue weighted by Crippen LogP contribution is 2.27. The van der Waals surface area contributed by atoms with E-state index < -0.39 is 6.17 Å². The van der Waals surface area contributed by atoms with Gasteiger partial charge in [0.05, 0.1) is 25.4 Å². The van der Waals surface area contributed by atoms with Gasteiger partial charge in [-0.2, -0.15) is 0 Å². The van der Waals surface area contributed by atoms with Crippen LogP contribution in [-0.2, 0) is 16.1 Å². The smallest absolute Gasteiger partial charge is 0.129 e. The molecule has 0 aliphatic heterocycles. The van der Waals surface area contributed by atoms with Crippen molar-refractivity contribution in [1.82, 2.24) is 0 Å². The van der Waals surface area contributed by atoms with Gasteiger partial charge in [0, 0.05) is 6.42 Å². The third-order valence-electron chi connectivity index (χ3n) is 4.51. The van der Waals surface area contributed by atoms with Crippen molar-refractivity contribution in [3.8, 4) is 0 Å². The quantitative estimate of drug-likeness (QED) is 0.690. The SMILES string of the molecule is FC1CC(OCc2ccccc2)CCC1OCC=Cc1ccccc1. The van der Waals surface area contributed by atoms with Gasteiger partial charge in [-0.15, -0.1) is 0 Å². The highest BCUT2D eigenvalue weighted by molar-refractivity contribution is 5.48. The molecule has 1 saturated carbocycles. The minimum absolute atomic E-state index is 0.0186. The fraction of sp³-hybridized carbons (Fsp3) is 0.364. The summed E-state index contributed by atoms with van der Waals surface area (Å²) < 4.78 is 25.9. The van der Waals surface area contributed by atoms with Crippen LogP contribution in [0.3, 0.4) is 0 Å². The van der Waals surface area contributed by atoms with Crippen molar-refractivity contribution in [3.63, 3.8) is 0 Å². The molecule has 0 radical (unpaired) electrons. The lowest BCUT2D eigenvalue weighted by Crippen LogP contribution is -2.36. The molecule has 2 aromatic carbocycles. The van der Waals surface area contributed by atoms with E-state index in [4.69, 9.17) is 9.47 Å². The molecule has 0 bridgehead atoms. The predicted octanol–water partition coefficient (Wildman–Crippen LogP) is 5.19. The number of ether oxygens (including phenoxy) is 2. The molecule has 3 atom stereocenters. The molecule has 25 heavy (non-hydrogen) atoms. The van der Waals surface area contributed by atoms with E-state index in [9.17, 15) is 4.39 Å². The largest absolute Gasteiger partial charge is 0.373 e. The topological polar surface area (TPSA) is 18.5 Å². The molecule has 132 valence electrons. The fourth-order valence-electron chi connectivity index (χ4n) is 3.11. The third kappa shape index (κ3) is 5.80. The lowest BCUT2D eigenvalue weighted by molar-refractivity contribution is -0.0711. The lowest BCUT2D eigenvalue weighted by atomic mass is 9.93. The average Bonchev–Trinajstić information content (AvgIpc) is 2.66. The van der Waals surface area contributed by atoms with Crippen molar-refractivity contribution in [3.05, 3.63) is 77.9 Å². The van der Waals surface area contributed by atoms with E-state index in [1.165, 1.54) is 0 Å². The molecule has 1 aliphatic carbocycles. The van der Waals surface area contributed by atoms with E-state index in [2.05, 4.69) is 0 Å². The van der Waals surface area contributed by atoms with Crippen LogP contribution in [-0.4, -0.2) is 25.0 Å². The van der Waals surface area contributed by atoms with Crippen LogP contribution in [0.1, 0.15) is 30.4 Å². The van der Waals surface area contributed by atoms with E-state index in [0.29, 0.717) is 26.1 Å². The van der Waals surface area contributed by atoms with Crippen LogP contribution < -0.4 is 0 Å². The van der Waals surface area contributed by atoms with Gasteiger partial charge in [0.25, 0.3) is 0 Å². The standard InChI is InChI=1S/C22H25FO2/c23-21-16-20(25-17-19-10-5-2-6-11-19)13-14-22(21)24-15-7-12-18-8-3-1-4-9-18/h1-12,20-22H,13-17H2. The van der Waals surface area contributed by atoms with Gasteiger partial charge < -0.3 is 9.47 Å². The first-order valence-electron chi connectivity index (χ1n) is 8.94. The maximum Gasteiger partial charge on any atom is 0.129 e. The van der Waals surface area contributed by atoms with Gasteiger partial charge in [-0.05, 0) is 24.0 Å². The lowest BCUT2D eigenvalue weighted by Gasteiger charge is -2.31. The monoisotopic (exact) mass is 340 g/mol. The second-order valence-electron chi connectivity index (χ2n) is 6.43. The van der Waals surface area contributed by atoms with Gasteiger partial charge in [0.1, 0.15) is 6.17 Å². The van der Waals surface area contributed by atoms with Crippen LogP contribution in [0.15, 0.2) is 66.7 Å². The van der Waals surface area contributed by atoms with Gasteiger partial charge >= 0.3 is 0 Å². The second-order valence-corrected chi connectivity index (χ2v) is 6.43. The van der Waals surface area contributed by atoms with E-state index in [1.54, 1.807) is 0 Å². The van der Waals surface area contributed by atoms with E-state index in [1.807, 2.05) is 72.8 Å². The van der Waals surface area contributed by atoms with Crippen LogP contribution in [0, 0.1) is 0 Å². The summed E-state index contributed by atoms with van der Waals surface area (Å²) in [5, 5.41) is 0. The first-order valence-corrected chi connectivity index (χ1v) is 8.94. The Bertz CT molecular complexity index is 642. The average molecular weight is 340 g/mol. The highest BCUT2D eigenvalue weighted by atomic mass is 19.1. The third-order valence-corrected chi connectivity index (χ3v) is 4.51. The van der Waals surface area contributed by atoms with Crippen LogP contribution in [0.25, 0.3) is 6.08 Å². The predicted molar refractivity (Wildman–Crippen MR) is 99.0 cm³/mol. The number of hydrogen-bond donors (Lipinski definition) is 0. The Morgan fingerprint density at radius 3 is 2.36 bits per heavy atom. The molecule has 0 spiro atoms. The summed E-state index contributed by atoms with van der Waals surface area (Å²) in [5.41, 5.74) is 2.25. The molecule has 2 nitrogen and oxygen atoms in total. The summed E-state index contributed by atoms with van der Waals surface area (Å²) in [6.45, 7) is 0.985. The first kappa shape index (κ1) is 17.8. The summed E-state index contributed by atoms with van der Waals surface area (Å²) in [6, 6.07) is 20.1. The van der Waals surface area contributed by atoms with Gasteiger partial charge in [-0.3, -0.25) is 0 Å². The molecule has 3 heteroatoms. The Labute approximate surface area is 149 Å². The summed E-state index contributed by atoms with van der Waals surface area (Å²) >= 11 is 0. The normalized spacial score (nSPS) is 23.8. The zero-order chi connectivity index (χ0) is 17.3. The van der Waals surface area contributed by atoms with Crippen molar-refractivity contribution >= 4 is 6.08 Å². The van der Waals surface area contributed by atoms with Gasteiger partial charge in [-0.1, -0.05) is 72.8 Å². The molecule has 0 aromatic heterocycles. The first-order chi connectivity index (χ1) is 12.3. The van der Waals surface area contributed by atoms with Gasteiger partial charge in [0.15, 0.2) is 0 Å². The molecule has 1 fully saturated rings. The van der Waals surface area contributed by atoms with Crippen LogP contribution >= 0.6 is 0 Å². The van der Waals surface area contributed by atoms with Crippen LogP contribution in [0.4, 0.5) is 4.39 Å². The van der Waals surface area contributed by atoms with Crippen LogP contribution in [0.5, 0.6) is 0 Å². The summed E-state index contributed by atoms with van der Waals surface area (Å²) in [4.78, 5) is 0. The Hall–Kier alpha value is -1.97. The Morgan fingerprint density at radius 2 is 1.64 bits per heavy atom. The second kappa shape index (κ2) is 9.50. The van der Waals surface area contributed by atoms with Crippen molar-refractivity contribution < 1.29 is 13.9 Å². The van der Waals surface area contributed by atoms with Crippen LogP contribution in [0.2, 0.25) is 0 Å². The molecule has 3 unspecified atom stereocenters. The molecule has 0 heterocycles. The Balaban J connectivity index is 1.37. The molecule has 3 rings (SSSR count). The molecular formula is C22H25FO2. The number of halogens is 1. The van der Waals surface area contributed by atoms with Gasteiger partial charge in [-0.25, -0.2) is 4.39 Å². The molecule has 1 aliphatic rings. The number of rotatable bonds is 7.